The summed E-state index contributed by atoms with van der Waals surface area (Å²) in [6.45, 7) is 2.19. The molecule has 2 aliphatic rings. The molecule has 1 aliphatic carbocycles. The van der Waals surface area contributed by atoms with Crippen molar-refractivity contribution in [2.75, 3.05) is 12.3 Å². The number of sulfonamides is 1. The molecule has 2 N–H and O–H groups in total. The van der Waals surface area contributed by atoms with Gasteiger partial charge in [0.25, 0.3) is 5.91 Å². The van der Waals surface area contributed by atoms with Gasteiger partial charge >= 0.3 is 0 Å². The molecular weight excluding hydrogens is 456 g/mol. The van der Waals surface area contributed by atoms with Crippen LogP contribution in [0.15, 0.2) is 27.5 Å². The highest BCUT2D eigenvalue weighted by atomic mass is 32.2. The zero-order valence-corrected chi connectivity index (χ0v) is 19.8. The Kier molecular flexibility index (Phi) is 5.89. The molecule has 1 aromatic heterocycles. The first-order chi connectivity index (χ1) is 15.0. The van der Waals surface area contributed by atoms with Crippen molar-refractivity contribution in [1.82, 2.24) is 9.79 Å². The average Bonchev–Trinajstić information content (AvgIpc) is 3.04. The molecule has 9 nitrogen and oxygen atoms in total. The van der Waals surface area contributed by atoms with Crippen molar-refractivity contribution in [3.05, 3.63) is 29.5 Å². The van der Waals surface area contributed by atoms with Crippen molar-refractivity contribution in [2.45, 2.75) is 68.1 Å². The van der Waals surface area contributed by atoms with Crippen LogP contribution in [0.4, 0.5) is 0 Å². The third kappa shape index (κ3) is 3.64. The van der Waals surface area contributed by atoms with Crippen molar-refractivity contribution in [3.63, 3.8) is 0 Å². The summed E-state index contributed by atoms with van der Waals surface area (Å²) in [6.07, 6.45) is 6.05. The van der Waals surface area contributed by atoms with Gasteiger partial charge in [-0.15, -0.1) is 0 Å². The molecule has 32 heavy (non-hydrogen) atoms. The quantitative estimate of drug-likeness (QED) is 0.504. The van der Waals surface area contributed by atoms with Crippen LogP contribution in [-0.4, -0.2) is 55.3 Å². The minimum Gasteiger partial charge on any atom is -0.461 e. The lowest BCUT2D eigenvalue weighted by atomic mass is 9.97. The number of nitrogens with one attached hydrogen (secondary N) is 1. The molecule has 2 heterocycles. The van der Waals surface area contributed by atoms with Crippen molar-refractivity contribution >= 4 is 36.7 Å². The van der Waals surface area contributed by atoms with Gasteiger partial charge in [-0.25, -0.2) is 22.3 Å². The Morgan fingerprint density at radius 2 is 1.88 bits per heavy atom. The van der Waals surface area contributed by atoms with Gasteiger partial charge in [0.05, 0.1) is 15.4 Å². The standard InChI is InChI=1S/C21H28N2O7S2/c1-21(2)19(20(24)22-25)23(11-12-31(21,26)27)32(28,29)14-9-10-16-15-7-5-3-4-6-8-17(15)30-18(16)13-14/h9-10,13,19,25H,3-8,11-12H2,1-2H3,(H,22,24). The van der Waals surface area contributed by atoms with Crippen molar-refractivity contribution in [1.29, 1.82) is 0 Å². The summed E-state index contributed by atoms with van der Waals surface area (Å²) in [7, 11) is -8.04. The number of hydrogen-bond donors (Lipinski definition) is 2. The fraction of sp³-hybridized carbons (Fsp3) is 0.571. The van der Waals surface area contributed by atoms with E-state index in [4.69, 9.17) is 4.42 Å². The minimum absolute atomic E-state index is 0.0856. The number of sulfone groups is 1. The molecule has 11 heteroatoms. The molecule has 1 aliphatic heterocycles. The first-order valence-electron chi connectivity index (χ1n) is 10.7. The molecule has 0 bridgehead atoms. The number of hydroxylamine groups is 1. The van der Waals surface area contributed by atoms with E-state index in [2.05, 4.69) is 0 Å². The van der Waals surface area contributed by atoms with Crippen molar-refractivity contribution in [3.8, 4) is 0 Å². The molecule has 0 saturated carbocycles. The van der Waals surface area contributed by atoms with E-state index in [1.165, 1.54) is 31.5 Å². The number of carbonyl (C=O) groups excluding carboxylic acids is 1. The number of rotatable bonds is 3. The maximum absolute atomic E-state index is 13.5. The lowest BCUT2D eigenvalue weighted by Gasteiger charge is -2.43. The second-order valence-electron chi connectivity index (χ2n) is 8.99. The van der Waals surface area contributed by atoms with Gasteiger partial charge in [-0.3, -0.25) is 10.0 Å². The van der Waals surface area contributed by atoms with Gasteiger partial charge in [0.2, 0.25) is 10.0 Å². The summed E-state index contributed by atoms with van der Waals surface area (Å²) < 4.78 is 57.4. The van der Waals surface area contributed by atoms with Crippen LogP contribution < -0.4 is 5.48 Å². The Labute approximate surface area is 187 Å². The molecule has 1 fully saturated rings. The summed E-state index contributed by atoms with van der Waals surface area (Å²) in [4.78, 5) is 12.3. The Morgan fingerprint density at radius 1 is 1.19 bits per heavy atom. The molecule has 1 aromatic carbocycles. The number of carbonyl (C=O) groups is 1. The maximum Gasteiger partial charge on any atom is 0.263 e. The van der Waals surface area contributed by atoms with Gasteiger partial charge in [0, 0.05) is 30.0 Å². The summed E-state index contributed by atoms with van der Waals surface area (Å²) in [6, 6.07) is 3.01. The summed E-state index contributed by atoms with van der Waals surface area (Å²) in [5.74, 6) is -0.632. The van der Waals surface area contributed by atoms with Crippen LogP contribution in [0, 0.1) is 0 Å². The normalized spacial score (nSPS) is 23.8. The number of nitrogens with zero attached hydrogens (tertiary/aromatic N) is 1. The van der Waals surface area contributed by atoms with Crippen LogP contribution in [0.25, 0.3) is 11.0 Å². The summed E-state index contributed by atoms with van der Waals surface area (Å²) in [5, 5.41) is 10.1. The number of aryl methyl sites for hydroxylation is 2. The van der Waals surface area contributed by atoms with E-state index in [1.54, 1.807) is 6.07 Å². The first-order valence-corrected chi connectivity index (χ1v) is 13.8. The van der Waals surface area contributed by atoms with Gasteiger partial charge in [0.15, 0.2) is 9.84 Å². The number of fused-ring (bicyclic) bond motifs is 3. The van der Waals surface area contributed by atoms with Crippen LogP contribution in [0.1, 0.15) is 50.9 Å². The molecule has 176 valence electrons. The minimum atomic E-state index is -4.26. The molecule has 1 atom stereocenters. The van der Waals surface area contributed by atoms with Gasteiger partial charge in [-0.05, 0) is 45.2 Å². The van der Waals surface area contributed by atoms with E-state index in [0.717, 1.165) is 59.5 Å². The number of hydrogen-bond acceptors (Lipinski definition) is 7. The predicted octanol–water partition coefficient (Wildman–Crippen LogP) is 2.16. The fourth-order valence-corrected chi connectivity index (χ4v) is 8.23. The molecule has 1 amide bonds. The number of benzene rings is 1. The smallest absolute Gasteiger partial charge is 0.263 e. The molecule has 4 rings (SSSR count). The second-order valence-corrected chi connectivity index (χ2v) is 13.6. The molecule has 0 spiro atoms. The summed E-state index contributed by atoms with van der Waals surface area (Å²) in [5.41, 5.74) is 3.01. The highest BCUT2D eigenvalue weighted by Gasteiger charge is 2.55. The van der Waals surface area contributed by atoms with Crippen LogP contribution in [0.2, 0.25) is 0 Å². The van der Waals surface area contributed by atoms with Gasteiger partial charge in [0.1, 0.15) is 17.4 Å². The highest BCUT2D eigenvalue weighted by Crippen LogP contribution is 2.36. The lowest BCUT2D eigenvalue weighted by Crippen LogP contribution is -2.66. The van der Waals surface area contributed by atoms with Crippen molar-refractivity contribution in [2.24, 2.45) is 0 Å². The molecule has 1 unspecified atom stereocenters. The van der Waals surface area contributed by atoms with Crippen LogP contribution >= 0.6 is 0 Å². The van der Waals surface area contributed by atoms with E-state index in [-0.39, 0.29) is 4.90 Å². The van der Waals surface area contributed by atoms with Gasteiger partial charge < -0.3 is 4.42 Å². The summed E-state index contributed by atoms with van der Waals surface area (Å²) >= 11 is 0. The van der Waals surface area contributed by atoms with Crippen LogP contribution in [0.3, 0.4) is 0 Å². The lowest BCUT2D eigenvalue weighted by molar-refractivity contribution is -0.134. The van der Waals surface area contributed by atoms with Gasteiger partial charge in [-0.1, -0.05) is 12.8 Å². The monoisotopic (exact) mass is 484 g/mol. The van der Waals surface area contributed by atoms with Crippen LogP contribution in [-0.2, 0) is 37.5 Å². The number of amides is 1. The topological polar surface area (TPSA) is 134 Å². The van der Waals surface area contributed by atoms with E-state index >= 15 is 0 Å². The number of furan rings is 1. The van der Waals surface area contributed by atoms with E-state index in [9.17, 15) is 26.8 Å². The molecule has 0 radical (unpaired) electrons. The van der Waals surface area contributed by atoms with Gasteiger partial charge in [-0.2, -0.15) is 4.31 Å². The average molecular weight is 485 g/mol. The third-order valence-electron chi connectivity index (χ3n) is 6.72. The SMILES string of the molecule is CC1(C)C(C(=O)NO)N(S(=O)(=O)c2ccc3c4c(oc3c2)CCCCCC4)CCS1(=O)=O. The van der Waals surface area contributed by atoms with E-state index in [1.807, 2.05) is 0 Å². The Hall–Kier alpha value is -1.95. The highest BCUT2D eigenvalue weighted by molar-refractivity contribution is 7.93. The van der Waals surface area contributed by atoms with E-state index < -0.39 is 48.9 Å². The molecular formula is C21H28N2O7S2. The van der Waals surface area contributed by atoms with Crippen molar-refractivity contribution < 1.29 is 31.3 Å². The first kappa shape index (κ1) is 23.2. The molecule has 1 saturated heterocycles. The Balaban J connectivity index is 1.79. The Morgan fingerprint density at radius 3 is 2.56 bits per heavy atom. The maximum atomic E-state index is 13.5. The Bertz CT molecular complexity index is 1260. The largest absolute Gasteiger partial charge is 0.461 e. The van der Waals surface area contributed by atoms with Crippen LogP contribution in [0.5, 0.6) is 0 Å². The molecule has 2 aromatic rings. The zero-order chi connectivity index (χ0) is 23.3. The fourth-order valence-electron chi connectivity index (χ4n) is 4.78. The predicted molar refractivity (Wildman–Crippen MR) is 118 cm³/mol. The zero-order valence-electron chi connectivity index (χ0n) is 18.1. The second kappa shape index (κ2) is 8.12. The van der Waals surface area contributed by atoms with E-state index in [0.29, 0.717) is 5.58 Å². The third-order valence-corrected chi connectivity index (χ3v) is 11.1.